The molecule has 3 N–H and O–H groups in total. The van der Waals surface area contributed by atoms with Gasteiger partial charge in [0.25, 0.3) is 0 Å². The van der Waals surface area contributed by atoms with Crippen LogP contribution in [0, 0.1) is 5.92 Å². The van der Waals surface area contributed by atoms with E-state index < -0.39 is 0 Å². The van der Waals surface area contributed by atoms with Crippen LogP contribution in [0.3, 0.4) is 0 Å². The quantitative estimate of drug-likeness (QED) is 0.873. The second kappa shape index (κ2) is 9.06. The van der Waals surface area contributed by atoms with E-state index in [0.717, 1.165) is 38.5 Å². The molecule has 4 heteroatoms. The van der Waals surface area contributed by atoms with Gasteiger partial charge in [-0.3, -0.25) is 4.79 Å². The van der Waals surface area contributed by atoms with E-state index >= 15 is 0 Å². The Bertz CT molecular complexity index is 424. The van der Waals surface area contributed by atoms with Crippen molar-refractivity contribution in [3.8, 4) is 0 Å². The first-order valence-corrected chi connectivity index (χ1v) is 7.81. The predicted molar refractivity (Wildman–Crippen MR) is 89.4 cm³/mol. The lowest BCUT2D eigenvalue weighted by molar-refractivity contribution is -0.126. The Kier molecular flexibility index (Phi) is 7.76. The van der Waals surface area contributed by atoms with E-state index in [2.05, 4.69) is 24.4 Å². The summed E-state index contributed by atoms with van der Waals surface area (Å²) in [5, 5.41) is 3.23. The highest BCUT2D eigenvalue weighted by Crippen LogP contribution is 2.25. The summed E-state index contributed by atoms with van der Waals surface area (Å²) in [4.78, 5) is 12.4. The second-order valence-electron chi connectivity index (χ2n) is 5.88. The number of nitrogens with two attached hydrogens (primary N) is 1. The number of hydrogen-bond donors (Lipinski definition) is 2. The van der Waals surface area contributed by atoms with Crippen LogP contribution in [0.15, 0.2) is 30.3 Å². The summed E-state index contributed by atoms with van der Waals surface area (Å²) in [6, 6.07) is 10.6. The summed E-state index contributed by atoms with van der Waals surface area (Å²) in [5.74, 6) is 0.282. The molecule has 1 saturated carbocycles. The zero-order valence-corrected chi connectivity index (χ0v) is 13.6. The third-order valence-electron chi connectivity index (χ3n) is 4.18. The first-order chi connectivity index (χ1) is 9.70. The van der Waals surface area contributed by atoms with Crippen molar-refractivity contribution in [1.29, 1.82) is 0 Å². The van der Waals surface area contributed by atoms with E-state index in [9.17, 15) is 4.79 Å². The molecule has 1 aliphatic rings. The number of nitrogens with one attached hydrogen (secondary N) is 1. The van der Waals surface area contributed by atoms with E-state index in [1.165, 1.54) is 5.56 Å². The van der Waals surface area contributed by atoms with Gasteiger partial charge in [0.15, 0.2) is 0 Å². The minimum Gasteiger partial charge on any atom is -0.349 e. The average Bonchev–Trinajstić information content (AvgIpc) is 2.47. The largest absolute Gasteiger partial charge is 0.349 e. The highest BCUT2D eigenvalue weighted by atomic mass is 35.5. The molecule has 2 rings (SSSR count). The molecule has 0 aromatic heterocycles. The molecule has 1 fully saturated rings. The zero-order valence-electron chi connectivity index (χ0n) is 12.8. The van der Waals surface area contributed by atoms with Crippen molar-refractivity contribution in [1.82, 2.24) is 5.32 Å². The van der Waals surface area contributed by atoms with Crippen LogP contribution in [-0.2, 0) is 4.79 Å². The number of rotatable bonds is 5. The third kappa shape index (κ3) is 5.33. The van der Waals surface area contributed by atoms with Gasteiger partial charge in [0.1, 0.15) is 0 Å². The Morgan fingerprint density at radius 3 is 2.67 bits per heavy atom. The van der Waals surface area contributed by atoms with Gasteiger partial charge in [-0.15, -0.1) is 12.4 Å². The van der Waals surface area contributed by atoms with Crippen molar-refractivity contribution >= 4 is 18.3 Å². The highest BCUT2D eigenvalue weighted by Gasteiger charge is 2.26. The summed E-state index contributed by atoms with van der Waals surface area (Å²) in [6.45, 7) is 2.15. The van der Waals surface area contributed by atoms with Gasteiger partial charge in [-0.2, -0.15) is 0 Å². The minimum absolute atomic E-state index is 0. The molecular formula is C17H27ClN2O. The fourth-order valence-corrected chi connectivity index (χ4v) is 3.05. The Morgan fingerprint density at radius 1 is 1.33 bits per heavy atom. The average molecular weight is 311 g/mol. The summed E-state index contributed by atoms with van der Waals surface area (Å²) in [5.41, 5.74) is 7.18. The maximum absolute atomic E-state index is 12.4. The molecule has 1 aromatic carbocycles. The summed E-state index contributed by atoms with van der Waals surface area (Å²) >= 11 is 0. The Hall–Kier alpha value is -1.06. The number of amides is 1. The van der Waals surface area contributed by atoms with Crippen molar-refractivity contribution in [2.75, 3.05) is 0 Å². The standard InChI is InChI=1S/C17H26N2O.ClH/c1-2-7-16(13-8-4-3-5-9-13)19-17(20)14-10-6-11-15(18)12-14;/h3-5,8-9,14-16H,2,6-7,10-12,18H2,1H3,(H,19,20);1H. The SMILES string of the molecule is CCCC(NC(=O)C1CCCC(N)C1)c1ccccc1.Cl. The van der Waals surface area contributed by atoms with Crippen LogP contribution in [0.5, 0.6) is 0 Å². The molecule has 1 amide bonds. The molecule has 3 atom stereocenters. The maximum atomic E-state index is 12.4. The van der Waals surface area contributed by atoms with Gasteiger partial charge in [-0.1, -0.05) is 50.1 Å². The van der Waals surface area contributed by atoms with Crippen LogP contribution in [-0.4, -0.2) is 11.9 Å². The van der Waals surface area contributed by atoms with E-state index in [1.807, 2.05) is 18.2 Å². The monoisotopic (exact) mass is 310 g/mol. The Morgan fingerprint density at radius 2 is 2.05 bits per heavy atom. The third-order valence-corrected chi connectivity index (χ3v) is 4.18. The van der Waals surface area contributed by atoms with Crippen molar-refractivity contribution in [2.24, 2.45) is 11.7 Å². The van der Waals surface area contributed by atoms with E-state index in [1.54, 1.807) is 0 Å². The van der Waals surface area contributed by atoms with Crippen LogP contribution in [0.4, 0.5) is 0 Å². The lowest BCUT2D eigenvalue weighted by Gasteiger charge is -2.28. The molecular weight excluding hydrogens is 284 g/mol. The van der Waals surface area contributed by atoms with Gasteiger partial charge < -0.3 is 11.1 Å². The molecule has 0 bridgehead atoms. The highest BCUT2D eigenvalue weighted by molar-refractivity contribution is 5.85. The topological polar surface area (TPSA) is 55.1 Å². The Balaban J connectivity index is 0.00000220. The maximum Gasteiger partial charge on any atom is 0.223 e. The van der Waals surface area contributed by atoms with Gasteiger partial charge in [0, 0.05) is 12.0 Å². The van der Waals surface area contributed by atoms with E-state index in [0.29, 0.717) is 0 Å². The normalized spacial score (nSPS) is 23.0. The molecule has 0 spiro atoms. The molecule has 21 heavy (non-hydrogen) atoms. The van der Waals surface area contributed by atoms with Crippen molar-refractivity contribution in [3.05, 3.63) is 35.9 Å². The zero-order chi connectivity index (χ0) is 14.4. The summed E-state index contributed by atoms with van der Waals surface area (Å²) in [6.07, 6.45) is 5.98. The summed E-state index contributed by atoms with van der Waals surface area (Å²) in [7, 11) is 0. The number of benzene rings is 1. The predicted octanol–water partition coefficient (Wildman–Crippen LogP) is 3.58. The van der Waals surface area contributed by atoms with Crippen LogP contribution >= 0.6 is 12.4 Å². The summed E-state index contributed by atoms with van der Waals surface area (Å²) < 4.78 is 0. The molecule has 118 valence electrons. The van der Waals surface area contributed by atoms with E-state index in [4.69, 9.17) is 5.73 Å². The molecule has 0 aliphatic heterocycles. The van der Waals surface area contributed by atoms with Crippen molar-refractivity contribution in [2.45, 2.75) is 57.5 Å². The molecule has 3 nitrogen and oxygen atoms in total. The van der Waals surface area contributed by atoms with Crippen LogP contribution in [0.2, 0.25) is 0 Å². The lowest BCUT2D eigenvalue weighted by Crippen LogP contribution is -2.39. The number of hydrogen-bond acceptors (Lipinski definition) is 2. The van der Waals surface area contributed by atoms with Gasteiger partial charge in [0.05, 0.1) is 6.04 Å². The fourth-order valence-electron chi connectivity index (χ4n) is 3.05. The molecule has 3 unspecified atom stereocenters. The number of carbonyl (C=O) groups is 1. The van der Waals surface area contributed by atoms with Crippen LogP contribution < -0.4 is 11.1 Å². The minimum atomic E-state index is 0. The molecule has 0 radical (unpaired) electrons. The molecule has 1 aromatic rings. The first kappa shape index (κ1) is 18.0. The second-order valence-corrected chi connectivity index (χ2v) is 5.88. The van der Waals surface area contributed by atoms with Crippen molar-refractivity contribution in [3.63, 3.8) is 0 Å². The molecule has 1 aliphatic carbocycles. The number of carbonyl (C=O) groups excluding carboxylic acids is 1. The van der Waals surface area contributed by atoms with Crippen LogP contribution in [0.25, 0.3) is 0 Å². The van der Waals surface area contributed by atoms with Crippen LogP contribution in [0.1, 0.15) is 57.1 Å². The van der Waals surface area contributed by atoms with Gasteiger partial charge in [0.2, 0.25) is 5.91 Å². The molecule has 0 heterocycles. The first-order valence-electron chi connectivity index (χ1n) is 7.81. The molecule has 0 saturated heterocycles. The van der Waals surface area contributed by atoms with Gasteiger partial charge >= 0.3 is 0 Å². The Labute approximate surface area is 134 Å². The fraction of sp³-hybridized carbons (Fsp3) is 0.588. The lowest BCUT2D eigenvalue weighted by atomic mass is 9.85. The van der Waals surface area contributed by atoms with Gasteiger partial charge in [-0.05, 0) is 31.2 Å². The number of halogens is 1. The van der Waals surface area contributed by atoms with Crippen molar-refractivity contribution < 1.29 is 4.79 Å². The smallest absolute Gasteiger partial charge is 0.223 e. The van der Waals surface area contributed by atoms with E-state index in [-0.39, 0.29) is 36.3 Å². The van der Waals surface area contributed by atoms with Gasteiger partial charge in [-0.25, -0.2) is 0 Å².